The summed E-state index contributed by atoms with van der Waals surface area (Å²) in [6, 6.07) is 0.641. The highest BCUT2D eigenvalue weighted by Crippen LogP contribution is 2.36. The summed E-state index contributed by atoms with van der Waals surface area (Å²) < 4.78 is 0. The van der Waals surface area contributed by atoms with Gasteiger partial charge in [-0.2, -0.15) is 0 Å². The molecule has 1 N–H and O–H groups in total. The van der Waals surface area contributed by atoms with E-state index in [4.69, 9.17) is 0 Å². The van der Waals surface area contributed by atoms with Crippen LogP contribution in [0.4, 0.5) is 5.95 Å². The monoisotopic (exact) mass is 261 g/mol. The number of aliphatic hydroxyl groups excluding tert-OH is 1. The van der Waals surface area contributed by atoms with E-state index in [-0.39, 0.29) is 6.61 Å². The second kappa shape index (κ2) is 5.45. The Balaban J connectivity index is 1.85. The summed E-state index contributed by atoms with van der Waals surface area (Å²) in [6.45, 7) is 3.07. The van der Waals surface area contributed by atoms with E-state index in [1.165, 1.54) is 38.5 Å². The third kappa shape index (κ3) is 2.46. The zero-order valence-corrected chi connectivity index (χ0v) is 11.7. The molecule has 1 aromatic heterocycles. The van der Waals surface area contributed by atoms with Crippen molar-refractivity contribution >= 4 is 5.95 Å². The van der Waals surface area contributed by atoms with E-state index in [0.717, 1.165) is 29.7 Å². The molecule has 2 aliphatic rings. The molecule has 0 radical (unpaired) electrons. The Morgan fingerprint density at radius 3 is 2.84 bits per heavy atom. The van der Waals surface area contributed by atoms with Gasteiger partial charge in [0.2, 0.25) is 5.95 Å². The smallest absolute Gasteiger partial charge is 0.225 e. The summed E-state index contributed by atoms with van der Waals surface area (Å²) in [5.74, 6) is 1.70. The quantitative estimate of drug-likeness (QED) is 0.888. The van der Waals surface area contributed by atoms with E-state index in [1.54, 1.807) is 6.20 Å². The number of aliphatic hydroxyl groups is 1. The van der Waals surface area contributed by atoms with Gasteiger partial charge < -0.3 is 10.0 Å². The number of hydrogen-bond donors (Lipinski definition) is 1. The fourth-order valence-corrected chi connectivity index (χ4v) is 3.65. The summed E-state index contributed by atoms with van der Waals surface area (Å²) >= 11 is 0. The van der Waals surface area contributed by atoms with Crippen LogP contribution in [0.5, 0.6) is 0 Å². The van der Waals surface area contributed by atoms with Gasteiger partial charge in [-0.05, 0) is 38.5 Å². The van der Waals surface area contributed by atoms with E-state index >= 15 is 0 Å². The van der Waals surface area contributed by atoms with E-state index in [9.17, 15) is 5.11 Å². The predicted octanol–water partition coefficient (Wildman–Crippen LogP) is 2.44. The molecule has 0 aromatic carbocycles. The molecule has 3 rings (SSSR count). The molecule has 0 amide bonds. The van der Waals surface area contributed by atoms with Crippen LogP contribution < -0.4 is 4.90 Å². The standard InChI is InChI=1S/C15H23N3O/c1-11-13(10-19)9-16-15(17-11)18-8-4-6-12-5-2-3-7-14(12)18/h9,12,14,19H,2-8,10H2,1H3. The van der Waals surface area contributed by atoms with Crippen LogP contribution in [0.1, 0.15) is 49.8 Å². The van der Waals surface area contributed by atoms with Crippen LogP contribution >= 0.6 is 0 Å². The molecule has 2 unspecified atom stereocenters. The first-order valence-electron chi connectivity index (χ1n) is 7.49. The van der Waals surface area contributed by atoms with Gasteiger partial charge in [0, 0.05) is 30.0 Å². The highest BCUT2D eigenvalue weighted by atomic mass is 16.3. The molecule has 1 aromatic rings. The first-order valence-corrected chi connectivity index (χ1v) is 7.49. The maximum Gasteiger partial charge on any atom is 0.225 e. The summed E-state index contributed by atoms with van der Waals surface area (Å²) in [5.41, 5.74) is 1.74. The highest BCUT2D eigenvalue weighted by molar-refractivity contribution is 5.35. The lowest BCUT2D eigenvalue weighted by Gasteiger charge is -2.44. The molecule has 0 bridgehead atoms. The molecule has 4 nitrogen and oxygen atoms in total. The number of nitrogens with zero attached hydrogens (tertiary/aromatic N) is 3. The van der Waals surface area contributed by atoms with Crippen molar-refractivity contribution in [3.63, 3.8) is 0 Å². The van der Waals surface area contributed by atoms with Crippen molar-refractivity contribution in [2.75, 3.05) is 11.4 Å². The summed E-state index contributed by atoms with van der Waals surface area (Å²) in [7, 11) is 0. The average Bonchev–Trinajstić information content (AvgIpc) is 2.46. The predicted molar refractivity (Wildman–Crippen MR) is 75.0 cm³/mol. The number of anilines is 1. The molecular formula is C15H23N3O. The highest BCUT2D eigenvalue weighted by Gasteiger charge is 2.34. The van der Waals surface area contributed by atoms with Crippen LogP contribution in [0.2, 0.25) is 0 Å². The molecule has 104 valence electrons. The zero-order chi connectivity index (χ0) is 13.2. The Kier molecular flexibility index (Phi) is 3.69. The summed E-state index contributed by atoms with van der Waals surface area (Å²) in [4.78, 5) is 11.5. The Morgan fingerprint density at radius 1 is 1.26 bits per heavy atom. The van der Waals surface area contributed by atoms with Crippen LogP contribution in [0.25, 0.3) is 0 Å². The third-order valence-corrected chi connectivity index (χ3v) is 4.74. The van der Waals surface area contributed by atoms with Crippen molar-refractivity contribution < 1.29 is 5.11 Å². The molecule has 1 aliphatic heterocycles. The lowest BCUT2D eigenvalue weighted by molar-refractivity contribution is 0.241. The molecule has 2 fully saturated rings. The lowest BCUT2D eigenvalue weighted by atomic mass is 9.78. The van der Waals surface area contributed by atoms with Gasteiger partial charge in [0.15, 0.2) is 0 Å². The second-order valence-electron chi connectivity index (χ2n) is 5.89. The van der Waals surface area contributed by atoms with Gasteiger partial charge in [-0.1, -0.05) is 12.8 Å². The Hall–Kier alpha value is -1.16. The van der Waals surface area contributed by atoms with Gasteiger partial charge in [-0.25, -0.2) is 9.97 Å². The molecule has 2 heterocycles. The fraction of sp³-hybridized carbons (Fsp3) is 0.733. The number of fused-ring (bicyclic) bond motifs is 1. The van der Waals surface area contributed by atoms with Crippen molar-refractivity contribution in [3.8, 4) is 0 Å². The first-order chi connectivity index (χ1) is 9.29. The van der Waals surface area contributed by atoms with Crippen LogP contribution in [-0.4, -0.2) is 27.7 Å². The van der Waals surface area contributed by atoms with Gasteiger partial charge >= 0.3 is 0 Å². The largest absolute Gasteiger partial charge is 0.392 e. The molecule has 0 spiro atoms. The number of aryl methyl sites for hydroxylation is 1. The van der Waals surface area contributed by atoms with Gasteiger partial charge in [0.05, 0.1) is 6.61 Å². The van der Waals surface area contributed by atoms with Crippen molar-refractivity contribution in [1.82, 2.24) is 9.97 Å². The Morgan fingerprint density at radius 2 is 2.05 bits per heavy atom. The summed E-state index contributed by atoms with van der Waals surface area (Å²) in [5, 5.41) is 9.21. The minimum atomic E-state index is 0.0260. The number of piperidine rings is 1. The average molecular weight is 261 g/mol. The minimum absolute atomic E-state index is 0.0260. The van der Waals surface area contributed by atoms with E-state index < -0.39 is 0 Å². The Bertz CT molecular complexity index is 447. The molecule has 19 heavy (non-hydrogen) atoms. The van der Waals surface area contributed by atoms with Crippen molar-refractivity contribution in [2.24, 2.45) is 5.92 Å². The molecule has 4 heteroatoms. The number of rotatable bonds is 2. The van der Waals surface area contributed by atoms with Crippen LogP contribution in [0.3, 0.4) is 0 Å². The molecular weight excluding hydrogens is 238 g/mol. The maximum atomic E-state index is 9.21. The third-order valence-electron chi connectivity index (χ3n) is 4.74. The van der Waals surface area contributed by atoms with Gasteiger partial charge in [-0.3, -0.25) is 0 Å². The van der Waals surface area contributed by atoms with Crippen molar-refractivity contribution in [3.05, 3.63) is 17.5 Å². The SMILES string of the molecule is Cc1nc(N2CCCC3CCCCC32)ncc1CO. The fourth-order valence-electron chi connectivity index (χ4n) is 3.65. The molecule has 1 saturated heterocycles. The normalized spacial score (nSPS) is 27.2. The zero-order valence-electron chi connectivity index (χ0n) is 11.7. The van der Waals surface area contributed by atoms with Crippen molar-refractivity contribution in [1.29, 1.82) is 0 Å². The molecule has 1 aliphatic carbocycles. The van der Waals surface area contributed by atoms with Crippen LogP contribution in [0, 0.1) is 12.8 Å². The van der Waals surface area contributed by atoms with E-state index in [1.807, 2.05) is 6.92 Å². The van der Waals surface area contributed by atoms with E-state index in [2.05, 4.69) is 14.9 Å². The topological polar surface area (TPSA) is 49.2 Å². The number of aromatic nitrogens is 2. The van der Waals surface area contributed by atoms with Gasteiger partial charge in [0.1, 0.15) is 0 Å². The van der Waals surface area contributed by atoms with E-state index in [0.29, 0.717) is 6.04 Å². The summed E-state index contributed by atoms with van der Waals surface area (Å²) in [6.07, 6.45) is 9.79. The van der Waals surface area contributed by atoms with Crippen molar-refractivity contribution in [2.45, 2.75) is 58.1 Å². The van der Waals surface area contributed by atoms with Crippen LogP contribution in [-0.2, 0) is 6.61 Å². The Labute approximate surface area is 114 Å². The van der Waals surface area contributed by atoms with Crippen LogP contribution in [0.15, 0.2) is 6.20 Å². The maximum absolute atomic E-state index is 9.21. The lowest BCUT2D eigenvalue weighted by Crippen LogP contribution is -2.47. The first kappa shape index (κ1) is 12.9. The second-order valence-corrected chi connectivity index (χ2v) is 5.89. The van der Waals surface area contributed by atoms with Gasteiger partial charge in [-0.15, -0.1) is 0 Å². The number of hydrogen-bond acceptors (Lipinski definition) is 4. The minimum Gasteiger partial charge on any atom is -0.392 e. The molecule has 2 atom stereocenters. The molecule has 1 saturated carbocycles. The van der Waals surface area contributed by atoms with Gasteiger partial charge in [0.25, 0.3) is 0 Å².